The van der Waals surface area contributed by atoms with Gasteiger partial charge < -0.3 is 9.47 Å². The summed E-state index contributed by atoms with van der Waals surface area (Å²) in [6.45, 7) is 4.90. The number of nitrogens with two attached hydrogens (primary N) is 1. The van der Waals surface area contributed by atoms with E-state index in [1.807, 2.05) is 13.8 Å². The fourth-order valence-electron chi connectivity index (χ4n) is 1.72. The molecule has 1 aromatic rings. The molecule has 0 radical (unpaired) electrons. The highest BCUT2D eigenvalue weighted by Gasteiger charge is 2.21. The van der Waals surface area contributed by atoms with Gasteiger partial charge in [-0.05, 0) is 38.0 Å². The van der Waals surface area contributed by atoms with Gasteiger partial charge >= 0.3 is 0 Å². The molecule has 4 nitrogen and oxygen atoms in total. The number of halogens is 1. The Kier molecular flexibility index (Phi) is 6.82. The van der Waals surface area contributed by atoms with Crippen molar-refractivity contribution in [2.75, 3.05) is 13.2 Å². The lowest BCUT2D eigenvalue weighted by molar-refractivity contribution is -0.153. The largest absolute Gasteiger partial charge is 0.351 e. The van der Waals surface area contributed by atoms with Gasteiger partial charge in [-0.15, -0.1) is 0 Å². The van der Waals surface area contributed by atoms with Crippen LogP contribution in [0.4, 0.5) is 4.39 Å². The summed E-state index contributed by atoms with van der Waals surface area (Å²) in [5.41, 5.74) is 3.67. The number of hydrazine groups is 1. The van der Waals surface area contributed by atoms with E-state index in [2.05, 4.69) is 5.43 Å². The van der Waals surface area contributed by atoms with Crippen LogP contribution in [0.5, 0.6) is 0 Å². The Bertz CT molecular complexity index is 326. The van der Waals surface area contributed by atoms with Crippen molar-refractivity contribution in [3.8, 4) is 0 Å². The topological polar surface area (TPSA) is 56.5 Å². The van der Waals surface area contributed by atoms with Crippen LogP contribution in [0.1, 0.15) is 19.4 Å². The van der Waals surface area contributed by atoms with Crippen LogP contribution in [0.2, 0.25) is 0 Å². The van der Waals surface area contributed by atoms with Crippen LogP contribution >= 0.6 is 0 Å². The quantitative estimate of drug-likeness (QED) is 0.421. The summed E-state index contributed by atoms with van der Waals surface area (Å²) in [4.78, 5) is 0. The number of nitrogens with one attached hydrogen (secondary N) is 1. The van der Waals surface area contributed by atoms with Crippen LogP contribution in [0, 0.1) is 5.82 Å². The number of benzene rings is 1. The van der Waals surface area contributed by atoms with Crippen LogP contribution < -0.4 is 11.3 Å². The first kappa shape index (κ1) is 15.0. The van der Waals surface area contributed by atoms with Crippen LogP contribution in [-0.4, -0.2) is 25.5 Å². The molecule has 0 saturated carbocycles. The van der Waals surface area contributed by atoms with Gasteiger partial charge in [0.25, 0.3) is 0 Å². The summed E-state index contributed by atoms with van der Waals surface area (Å²) in [5.74, 6) is 5.28. The molecule has 0 amide bonds. The summed E-state index contributed by atoms with van der Waals surface area (Å²) in [6.07, 6.45) is 0.205. The van der Waals surface area contributed by atoms with Crippen molar-refractivity contribution >= 4 is 0 Å². The zero-order valence-electron chi connectivity index (χ0n) is 10.9. The maximum Gasteiger partial charge on any atom is 0.174 e. The van der Waals surface area contributed by atoms with E-state index in [0.717, 1.165) is 5.56 Å². The van der Waals surface area contributed by atoms with E-state index in [4.69, 9.17) is 15.3 Å². The summed E-state index contributed by atoms with van der Waals surface area (Å²) in [7, 11) is 0. The molecule has 0 aliphatic heterocycles. The zero-order valence-corrected chi connectivity index (χ0v) is 10.9. The van der Waals surface area contributed by atoms with E-state index in [9.17, 15) is 4.39 Å². The standard InChI is InChI=1S/C13H21FN2O2/c1-3-17-13(18-4-2)12(16-15)9-10-5-7-11(14)8-6-10/h5-8,12-13,16H,3-4,9,15H2,1-2H3. The van der Waals surface area contributed by atoms with Gasteiger partial charge in [-0.2, -0.15) is 0 Å². The SMILES string of the molecule is CCOC(OCC)C(Cc1ccc(F)cc1)NN. The molecule has 0 saturated heterocycles. The van der Waals surface area contributed by atoms with Crippen molar-refractivity contribution in [2.45, 2.75) is 32.6 Å². The maximum absolute atomic E-state index is 12.8. The van der Waals surface area contributed by atoms with E-state index in [1.165, 1.54) is 12.1 Å². The molecule has 1 rings (SSSR count). The third kappa shape index (κ3) is 4.70. The lowest BCUT2D eigenvalue weighted by atomic mass is 10.1. The Balaban J connectivity index is 2.66. The van der Waals surface area contributed by atoms with Crippen molar-refractivity contribution in [1.29, 1.82) is 0 Å². The van der Waals surface area contributed by atoms with Crippen LogP contribution in [0.3, 0.4) is 0 Å². The predicted molar refractivity (Wildman–Crippen MR) is 68.3 cm³/mol. The molecular formula is C13H21FN2O2. The predicted octanol–water partition coefficient (Wildman–Crippen LogP) is 1.60. The molecule has 18 heavy (non-hydrogen) atoms. The zero-order chi connectivity index (χ0) is 13.4. The van der Waals surface area contributed by atoms with Crippen molar-refractivity contribution < 1.29 is 13.9 Å². The second-order valence-electron chi connectivity index (χ2n) is 3.88. The number of rotatable bonds is 8. The fourth-order valence-corrected chi connectivity index (χ4v) is 1.72. The van der Waals surface area contributed by atoms with Gasteiger partial charge in [0.2, 0.25) is 0 Å². The molecule has 1 aromatic carbocycles. The van der Waals surface area contributed by atoms with E-state index in [1.54, 1.807) is 12.1 Å². The molecule has 0 aromatic heterocycles. The van der Waals surface area contributed by atoms with Gasteiger partial charge in [-0.25, -0.2) is 4.39 Å². The molecule has 0 fully saturated rings. The molecule has 0 heterocycles. The molecular weight excluding hydrogens is 235 g/mol. The third-order valence-electron chi connectivity index (χ3n) is 2.57. The van der Waals surface area contributed by atoms with Crippen molar-refractivity contribution in [2.24, 2.45) is 5.84 Å². The first-order valence-corrected chi connectivity index (χ1v) is 6.15. The summed E-state index contributed by atoms with van der Waals surface area (Å²) in [6, 6.07) is 6.15. The smallest absolute Gasteiger partial charge is 0.174 e. The Morgan fingerprint density at radius 3 is 2.17 bits per heavy atom. The summed E-state index contributed by atoms with van der Waals surface area (Å²) >= 11 is 0. The van der Waals surface area contributed by atoms with Crippen molar-refractivity contribution in [3.63, 3.8) is 0 Å². The lowest BCUT2D eigenvalue weighted by Gasteiger charge is -2.26. The average Bonchev–Trinajstić information content (AvgIpc) is 2.38. The van der Waals surface area contributed by atoms with Gasteiger partial charge in [0, 0.05) is 13.2 Å². The molecule has 0 bridgehead atoms. The lowest BCUT2D eigenvalue weighted by Crippen LogP contribution is -2.48. The Hall–Kier alpha value is -1.01. The van der Waals surface area contributed by atoms with E-state index in [-0.39, 0.29) is 11.9 Å². The highest BCUT2D eigenvalue weighted by Crippen LogP contribution is 2.10. The molecule has 0 aliphatic carbocycles. The Labute approximate surface area is 107 Å². The number of ether oxygens (including phenoxy) is 2. The Morgan fingerprint density at radius 1 is 1.17 bits per heavy atom. The van der Waals surface area contributed by atoms with Crippen LogP contribution in [0.15, 0.2) is 24.3 Å². The van der Waals surface area contributed by atoms with Gasteiger partial charge in [0.15, 0.2) is 6.29 Å². The van der Waals surface area contributed by atoms with E-state index >= 15 is 0 Å². The van der Waals surface area contributed by atoms with E-state index < -0.39 is 6.29 Å². The van der Waals surface area contributed by atoms with Gasteiger partial charge in [0.1, 0.15) is 5.82 Å². The maximum atomic E-state index is 12.8. The first-order valence-electron chi connectivity index (χ1n) is 6.15. The third-order valence-corrected chi connectivity index (χ3v) is 2.57. The van der Waals surface area contributed by atoms with Crippen molar-refractivity contribution in [3.05, 3.63) is 35.6 Å². The first-order chi connectivity index (χ1) is 8.71. The fraction of sp³-hybridized carbons (Fsp3) is 0.538. The molecule has 0 spiro atoms. The molecule has 1 unspecified atom stereocenters. The normalized spacial score (nSPS) is 12.9. The average molecular weight is 256 g/mol. The Morgan fingerprint density at radius 2 is 1.72 bits per heavy atom. The van der Waals surface area contributed by atoms with Gasteiger partial charge in [-0.3, -0.25) is 11.3 Å². The summed E-state index contributed by atoms with van der Waals surface area (Å²) in [5, 5.41) is 0. The molecule has 102 valence electrons. The monoisotopic (exact) mass is 256 g/mol. The summed E-state index contributed by atoms with van der Waals surface area (Å²) < 4.78 is 23.8. The second kappa shape index (κ2) is 8.16. The van der Waals surface area contributed by atoms with Crippen LogP contribution in [-0.2, 0) is 15.9 Å². The highest BCUT2D eigenvalue weighted by molar-refractivity contribution is 5.17. The van der Waals surface area contributed by atoms with E-state index in [0.29, 0.717) is 19.6 Å². The van der Waals surface area contributed by atoms with Gasteiger partial charge in [0.05, 0.1) is 6.04 Å². The molecule has 3 N–H and O–H groups in total. The second-order valence-corrected chi connectivity index (χ2v) is 3.88. The van der Waals surface area contributed by atoms with Crippen LogP contribution in [0.25, 0.3) is 0 Å². The number of hydrogen-bond donors (Lipinski definition) is 2. The minimum absolute atomic E-state index is 0.171. The molecule has 5 heteroatoms. The number of hydrogen-bond acceptors (Lipinski definition) is 4. The van der Waals surface area contributed by atoms with Crippen molar-refractivity contribution in [1.82, 2.24) is 5.43 Å². The minimum Gasteiger partial charge on any atom is -0.351 e. The molecule has 1 atom stereocenters. The van der Waals surface area contributed by atoms with Gasteiger partial charge in [-0.1, -0.05) is 12.1 Å². The highest BCUT2D eigenvalue weighted by atomic mass is 19.1. The minimum atomic E-state index is -0.407. The molecule has 0 aliphatic rings.